The van der Waals surface area contributed by atoms with Gasteiger partial charge in [-0.05, 0) is 26.0 Å². The van der Waals surface area contributed by atoms with E-state index in [1.807, 2.05) is 25.1 Å². The molecule has 0 heterocycles. The Hall–Kier alpha value is -1.91. The zero-order chi connectivity index (χ0) is 13.7. The van der Waals surface area contributed by atoms with Crippen molar-refractivity contribution in [1.82, 2.24) is 4.90 Å². The summed E-state index contributed by atoms with van der Waals surface area (Å²) in [5.74, 6) is 0.628. The molecule has 0 aromatic heterocycles. The maximum absolute atomic E-state index is 11.8. The van der Waals surface area contributed by atoms with Gasteiger partial charge in [0.05, 0.1) is 18.0 Å². The Morgan fingerprint density at radius 3 is 2.72 bits per heavy atom. The van der Waals surface area contributed by atoms with E-state index in [1.54, 1.807) is 25.9 Å². The van der Waals surface area contributed by atoms with Gasteiger partial charge in [-0.3, -0.25) is 4.79 Å². The second-order valence-corrected chi connectivity index (χ2v) is 4.25. The predicted octanol–water partition coefficient (Wildman–Crippen LogP) is 1.56. The maximum atomic E-state index is 11.8. The van der Waals surface area contributed by atoms with Gasteiger partial charge >= 0.3 is 0 Å². The molecule has 0 saturated carbocycles. The topological polar surface area (TPSA) is 67.6 Å². The van der Waals surface area contributed by atoms with Gasteiger partial charge in [0.25, 0.3) is 0 Å². The molecule has 0 aliphatic carbocycles. The first kappa shape index (κ1) is 14.2. The number of nitrogens with zero attached hydrogens (tertiary/aromatic N) is 1. The van der Waals surface area contributed by atoms with Crippen LogP contribution >= 0.6 is 0 Å². The van der Waals surface area contributed by atoms with Crippen molar-refractivity contribution in [3.63, 3.8) is 0 Å². The van der Waals surface area contributed by atoms with E-state index >= 15 is 0 Å². The molecule has 0 spiro atoms. The third-order valence-electron chi connectivity index (χ3n) is 2.55. The van der Waals surface area contributed by atoms with Gasteiger partial charge in [-0.1, -0.05) is 6.07 Å². The summed E-state index contributed by atoms with van der Waals surface area (Å²) in [6.07, 6.45) is 0. The Kier molecular flexibility index (Phi) is 4.83. The second-order valence-electron chi connectivity index (χ2n) is 4.25. The van der Waals surface area contributed by atoms with Crippen molar-refractivity contribution in [2.24, 2.45) is 0 Å². The van der Waals surface area contributed by atoms with Crippen LogP contribution in [0.1, 0.15) is 13.8 Å². The molecule has 0 aliphatic rings. The summed E-state index contributed by atoms with van der Waals surface area (Å²) in [7, 11) is 3.45. The van der Waals surface area contributed by atoms with Crippen molar-refractivity contribution < 1.29 is 9.53 Å². The van der Waals surface area contributed by atoms with Crippen molar-refractivity contribution in [3.05, 3.63) is 18.2 Å². The van der Waals surface area contributed by atoms with E-state index in [2.05, 4.69) is 5.32 Å². The van der Waals surface area contributed by atoms with E-state index in [4.69, 9.17) is 10.5 Å². The van der Waals surface area contributed by atoms with Gasteiger partial charge < -0.3 is 20.7 Å². The van der Waals surface area contributed by atoms with Crippen LogP contribution in [0.3, 0.4) is 0 Å². The maximum Gasteiger partial charge on any atom is 0.244 e. The van der Waals surface area contributed by atoms with Crippen LogP contribution in [0.25, 0.3) is 0 Å². The van der Waals surface area contributed by atoms with Crippen LogP contribution in [0, 0.1) is 0 Å². The molecule has 0 bridgehead atoms. The monoisotopic (exact) mass is 251 g/mol. The minimum atomic E-state index is -0.334. The van der Waals surface area contributed by atoms with Crippen molar-refractivity contribution in [2.45, 2.75) is 19.9 Å². The number of amides is 1. The van der Waals surface area contributed by atoms with Crippen molar-refractivity contribution >= 4 is 17.3 Å². The lowest BCUT2D eigenvalue weighted by atomic mass is 10.2. The fourth-order valence-electron chi connectivity index (χ4n) is 1.63. The number of ether oxygens (including phenoxy) is 1. The molecule has 1 unspecified atom stereocenters. The number of nitrogens with two attached hydrogens (primary N) is 1. The first-order chi connectivity index (χ1) is 8.47. The van der Waals surface area contributed by atoms with Crippen LogP contribution < -0.4 is 15.8 Å². The van der Waals surface area contributed by atoms with Gasteiger partial charge in [0.15, 0.2) is 0 Å². The lowest BCUT2D eigenvalue weighted by molar-refractivity contribution is -0.129. The molecule has 0 aliphatic heterocycles. The Morgan fingerprint density at radius 2 is 2.17 bits per heavy atom. The first-order valence-electron chi connectivity index (χ1n) is 5.96. The van der Waals surface area contributed by atoms with E-state index < -0.39 is 0 Å². The summed E-state index contributed by atoms with van der Waals surface area (Å²) in [6.45, 7) is 4.26. The number of rotatable bonds is 5. The Balaban J connectivity index is 2.85. The summed E-state index contributed by atoms with van der Waals surface area (Å²) in [6, 6.07) is 5.15. The van der Waals surface area contributed by atoms with E-state index in [0.717, 1.165) is 0 Å². The SMILES string of the molecule is CCOc1cccc(NC(C)C(=O)N(C)C)c1N. The quantitative estimate of drug-likeness (QED) is 0.779. The van der Waals surface area contributed by atoms with Crippen LogP contribution in [0.5, 0.6) is 5.75 Å². The van der Waals surface area contributed by atoms with Crippen LogP contribution in [-0.2, 0) is 4.79 Å². The molecule has 3 N–H and O–H groups in total. The van der Waals surface area contributed by atoms with Crippen LogP contribution in [0.4, 0.5) is 11.4 Å². The van der Waals surface area contributed by atoms with E-state index in [1.165, 1.54) is 0 Å². The third kappa shape index (κ3) is 3.29. The minimum Gasteiger partial charge on any atom is -0.492 e. The number of hydrogen-bond acceptors (Lipinski definition) is 4. The summed E-state index contributed by atoms with van der Waals surface area (Å²) in [4.78, 5) is 13.3. The highest BCUT2D eigenvalue weighted by atomic mass is 16.5. The van der Waals surface area contributed by atoms with Crippen molar-refractivity contribution in [2.75, 3.05) is 31.8 Å². The number of carbonyl (C=O) groups excluding carboxylic acids is 1. The zero-order valence-electron chi connectivity index (χ0n) is 11.4. The molecule has 100 valence electrons. The number of nitrogens with one attached hydrogen (secondary N) is 1. The van der Waals surface area contributed by atoms with Crippen molar-refractivity contribution in [1.29, 1.82) is 0 Å². The molecule has 5 heteroatoms. The second kappa shape index (κ2) is 6.14. The Bertz CT molecular complexity index is 419. The number of benzene rings is 1. The minimum absolute atomic E-state index is 0.00351. The van der Waals surface area contributed by atoms with Crippen molar-refractivity contribution in [3.8, 4) is 5.75 Å². The molecule has 1 atom stereocenters. The smallest absolute Gasteiger partial charge is 0.244 e. The summed E-state index contributed by atoms with van der Waals surface area (Å²) < 4.78 is 5.41. The first-order valence-corrected chi connectivity index (χ1v) is 5.96. The summed E-state index contributed by atoms with van der Waals surface area (Å²) >= 11 is 0. The van der Waals surface area contributed by atoms with Gasteiger partial charge in [-0.2, -0.15) is 0 Å². The highest BCUT2D eigenvalue weighted by Gasteiger charge is 2.16. The summed E-state index contributed by atoms with van der Waals surface area (Å²) in [5.41, 5.74) is 7.22. The molecule has 0 saturated heterocycles. The third-order valence-corrected chi connectivity index (χ3v) is 2.55. The molecule has 1 aromatic rings. The van der Waals surface area contributed by atoms with Gasteiger partial charge in [-0.25, -0.2) is 0 Å². The van der Waals surface area contributed by atoms with E-state index in [9.17, 15) is 4.79 Å². The zero-order valence-corrected chi connectivity index (χ0v) is 11.4. The fourth-order valence-corrected chi connectivity index (χ4v) is 1.63. The Labute approximate surface area is 108 Å². The largest absolute Gasteiger partial charge is 0.492 e. The average Bonchev–Trinajstić information content (AvgIpc) is 2.33. The highest BCUT2D eigenvalue weighted by Crippen LogP contribution is 2.29. The van der Waals surface area contributed by atoms with Gasteiger partial charge in [0, 0.05) is 14.1 Å². The standard InChI is InChI=1S/C13H21N3O2/c1-5-18-11-8-6-7-10(12(11)14)15-9(2)13(17)16(3)4/h6-9,15H,5,14H2,1-4H3. The Morgan fingerprint density at radius 1 is 1.50 bits per heavy atom. The molecule has 1 rings (SSSR count). The molecule has 1 amide bonds. The van der Waals surface area contributed by atoms with E-state index in [0.29, 0.717) is 23.7 Å². The highest BCUT2D eigenvalue weighted by molar-refractivity contribution is 5.85. The average molecular weight is 251 g/mol. The predicted molar refractivity (Wildman–Crippen MR) is 73.8 cm³/mol. The van der Waals surface area contributed by atoms with Gasteiger partial charge in [0.1, 0.15) is 11.8 Å². The molecule has 1 aromatic carbocycles. The lowest BCUT2D eigenvalue weighted by Gasteiger charge is -2.20. The molecule has 5 nitrogen and oxygen atoms in total. The molecule has 0 radical (unpaired) electrons. The fraction of sp³-hybridized carbons (Fsp3) is 0.462. The van der Waals surface area contributed by atoms with Gasteiger partial charge in [-0.15, -0.1) is 0 Å². The number of anilines is 2. The number of hydrogen-bond donors (Lipinski definition) is 2. The van der Waals surface area contributed by atoms with Crippen LogP contribution in [0.15, 0.2) is 18.2 Å². The number of para-hydroxylation sites is 1. The number of carbonyl (C=O) groups is 1. The molecule has 0 fully saturated rings. The molecular weight excluding hydrogens is 230 g/mol. The van der Waals surface area contributed by atoms with Gasteiger partial charge in [0.2, 0.25) is 5.91 Å². The normalized spacial score (nSPS) is 11.8. The van der Waals surface area contributed by atoms with Crippen LogP contribution in [0.2, 0.25) is 0 Å². The molecular formula is C13H21N3O2. The van der Waals surface area contributed by atoms with Crippen LogP contribution in [-0.4, -0.2) is 37.6 Å². The molecule has 18 heavy (non-hydrogen) atoms. The number of likely N-dealkylation sites (N-methyl/N-ethyl adjacent to an activating group) is 1. The lowest BCUT2D eigenvalue weighted by Crippen LogP contribution is -2.36. The number of nitrogen functional groups attached to an aromatic ring is 1. The van der Waals surface area contributed by atoms with E-state index in [-0.39, 0.29) is 11.9 Å². The summed E-state index contributed by atoms with van der Waals surface area (Å²) in [5, 5.41) is 3.09.